The van der Waals surface area contributed by atoms with Crippen LogP contribution in [0.5, 0.6) is 5.75 Å². The van der Waals surface area contributed by atoms with Crippen LogP contribution in [0.15, 0.2) is 24.3 Å². The number of nitrogens with one attached hydrogen (secondary N) is 2. The highest BCUT2D eigenvalue weighted by atomic mass is 16.5. The Bertz CT molecular complexity index is 545. The van der Waals surface area contributed by atoms with Gasteiger partial charge < -0.3 is 20.3 Å². The summed E-state index contributed by atoms with van der Waals surface area (Å²) in [5.41, 5.74) is 0.900. The fourth-order valence-corrected chi connectivity index (χ4v) is 2.80. The molecule has 2 N–H and O–H groups in total. The summed E-state index contributed by atoms with van der Waals surface area (Å²) >= 11 is 0. The van der Waals surface area contributed by atoms with Crippen LogP contribution in [0.3, 0.4) is 0 Å². The molecule has 1 heterocycles. The van der Waals surface area contributed by atoms with Crippen molar-refractivity contribution in [1.29, 1.82) is 0 Å². The maximum atomic E-state index is 12.6. The predicted molar refractivity (Wildman–Crippen MR) is 88.2 cm³/mol. The normalized spacial score (nSPS) is 19.1. The van der Waals surface area contributed by atoms with E-state index in [-0.39, 0.29) is 24.3 Å². The molecule has 1 aromatic rings. The minimum atomic E-state index is -0.323. The van der Waals surface area contributed by atoms with Crippen molar-refractivity contribution in [3.05, 3.63) is 29.8 Å². The number of rotatable bonds is 5. The summed E-state index contributed by atoms with van der Waals surface area (Å²) in [5, 5.41) is 6.19. The molecule has 2 amide bonds. The Morgan fingerprint density at radius 2 is 2.09 bits per heavy atom. The predicted octanol–water partition coefficient (Wildman–Crippen LogP) is 1.08. The fourth-order valence-electron chi connectivity index (χ4n) is 2.80. The standard InChI is InChI=1S/C17H25N3O3/c1-12-11-20(9-8-18-12)17(22)10-16(19-13(2)21)14-4-6-15(23-3)7-5-14/h4-7,12,16,18H,8-11H2,1-3H3,(H,19,21). The molecule has 1 aliphatic heterocycles. The van der Waals surface area contributed by atoms with Crippen molar-refractivity contribution in [2.24, 2.45) is 0 Å². The quantitative estimate of drug-likeness (QED) is 0.852. The second-order valence-corrected chi connectivity index (χ2v) is 5.93. The van der Waals surface area contributed by atoms with E-state index in [0.29, 0.717) is 19.1 Å². The van der Waals surface area contributed by atoms with Gasteiger partial charge in [0.2, 0.25) is 11.8 Å². The molecule has 0 saturated carbocycles. The van der Waals surface area contributed by atoms with E-state index in [2.05, 4.69) is 17.6 Å². The van der Waals surface area contributed by atoms with Crippen LogP contribution in [0, 0.1) is 0 Å². The minimum absolute atomic E-state index is 0.0629. The van der Waals surface area contributed by atoms with E-state index in [1.165, 1.54) is 6.92 Å². The molecule has 0 bridgehead atoms. The Hall–Kier alpha value is -2.08. The molecule has 0 radical (unpaired) electrons. The number of methoxy groups -OCH3 is 1. The Balaban J connectivity index is 2.08. The second-order valence-electron chi connectivity index (χ2n) is 5.93. The van der Waals surface area contributed by atoms with Crippen LogP contribution in [0.4, 0.5) is 0 Å². The van der Waals surface area contributed by atoms with Crippen LogP contribution in [-0.4, -0.2) is 49.5 Å². The minimum Gasteiger partial charge on any atom is -0.497 e. The maximum Gasteiger partial charge on any atom is 0.225 e. The zero-order chi connectivity index (χ0) is 16.8. The lowest BCUT2D eigenvalue weighted by Crippen LogP contribution is -2.51. The number of carbonyl (C=O) groups excluding carboxylic acids is 2. The molecule has 6 heteroatoms. The van der Waals surface area contributed by atoms with E-state index in [1.807, 2.05) is 29.2 Å². The van der Waals surface area contributed by atoms with Crippen LogP contribution < -0.4 is 15.4 Å². The van der Waals surface area contributed by atoms with Crippen molar-refractivity contribution in [1.82, 2.24) is 15.5 Å². The van der Waals surface area contributed by atoms with E-state index in [0.717, 1.165) is 17.9 Å². The molecule has 126 valence electrons. The average Bonchev–Trinajstić information content (AvgIpc) is 2.54. The van der Waals surface area contributed by atoms with Gasteiger partial charge in [-0.15, -0.1) is 0 Å². The molecule has 23 heavy (non-hydrogen) atoms. The molecule has 1 aliphatic rings. The van der Waals surface area contributed by atoms with Gasteiger partial charge in [-0.1, -0.05) is 12.1 Å². The zero-order valence-corrected chi connectivity index (χ0v) is 14.0. The molecule has 0 aliphatic carbocycles. The van der Waals surface area contributed by atoms with Crippen molar-refractivity contribution in [3.8, 4) is 5.75 Å². The van der Waals surface area contributed by atoms with E-state index in [4.69, 9.17) is 4.74 Å². The van der Waals surface area contributed by atoms with Crippen LogP contribution in [0.25, 0.3) is 0 Å². The number of amides is 2. The smallest absolute Gasteiger partial charge is 0.225 e. The summed E-state index contributed by atoms with van der Waals surface area (Å²) in [4.78, 5) is 25.9. The number of carbonyl (C=O) groups is 2. The molecule has 2 rings (SSSR count). The topological polar surface area (TPSA) is 70.7 Å². The lowest BCUT2D eigenvalue weighted by molar-refractivity contribution is -0.133. The number of piperazine rings is 1. The third kappa shape index (κ3) is 4.96. The Morgan fingerprint density at radius 3 is 2.65 bits per heavy atom. The Labute approximate surface area is 137 Å². The molecule has 0 aromatic heterocycles. The molecular formula is C17H25N3O3. The fraction of sp³-hybridized carbons (Fsp3) is 0.529. The molecule has 2 atom stereocenters. The summed E-state index contributed by atoms with van der Waals surface area (Å²) in [6, 6.07) is 7.41. The van der Waals surface area contributed by atoms with E-state index in [1.54, 1.807) is 7.11 Å². The third-order valence-corrected chi connectivity index (χ3v) is 4.00. The first-order chi connectivity index (χ1) is 11.0. The first-order valence-electron chi connectivity index (χ1n) is 7.92. The van der Waals surface area contributed by atoms with Gasteiger partial charge in [0, 0.05) is 32.6 Å². The van der Waals surface area contributed by atoms with Crippen LogP contribution in [-0.2, 0) is 9.59 Å². The van der Waals surface area contributed by atoms with Gasteiger partial charge in [-0.2, -0.15) is 0 Å². The third-order valence-electron chi connectivity index (χ3n) is 4.00. The summed E-state index contributed by atoms with van der Waals surface area (Å²) in [6.45, 7) is 5.75. The monoisotopic (exact) mass is 319 g/mol. The number of hydrogen-bond acceptors (Lipinski definition) is 4. The van der Waals surface area contributed by atoms with Gasteiger partial charge in [0.05, 0.1) is 19.6 Å². The summed E-state index contributed by atoms with van der Waals surface area (Å²) in [7, 11) is 1.61. The first kappa shape index (κ1) is 17.3. The number of benzene rings is 1. The molecule has 0 spiro atoms. The van der Waals surface area contributed by atoms with Crippen molar-refractivity contribution >= 4 is 11.8 Å². The molecule has 1 aromatic carbocycles. The van der Waals surface area contributed by atoms with Gasteiger partial charge in [0.15, 0.2) is 0 Å². The largest absolute Gasteiger partial charge is 0.497 e. The highest BCUT2D eigenvalue weighted by Gasteiger charge is 2.24. The van der Waals surface area contributed by atoms with Crippen molar-refractivity contribution in [2.45, 2.75) is 32.4 Å². The SMILES string of the molecule is COc1ccc(C(CC(=O)N2CCNC(C)C2)NC(C)=O)cc1. The zero-order valence-electron chi connectivity index (χ0n) is 14.0. The van der Waals surface area contributed by atoms with E-state index in [9.17, 15) is 9.59 Å². The Morgan fingerprint density at radius 1 is 1.39 bits per heavy atom. The summed E-state index contributed by atoms with van der Waals surface area (Å²) in [5.74, 6) is 0.665. The van der Waals surface area contributed by atoms with Gasteiger partial charge in [0.25, 0.3) is 0 Å². The van der Waals surface area contributed by atoms with Crippen molar-refractivity contribution in [2.75, 3.05) is 26.7 Å². The molecule has 1 saturated heterocycles. The Kier molecular flexibility index (Phi) is 5.98. The highest BCUT2D eigenvalue weighted by Crippen LogP contribution is 2.21. The van der Waals surface area contributed by atoms with Crippen LogP contribution in [0.2, 0.25) is 0 Å². The van der Waals surface area contributed by atoms with Gasteiger partial charge in [-0.25, -0.2) is 0 Å². The van der Waals surface area contributed by atoms with Crippen molar-refractivity contribution < 1.29 is 14.3 Å². The van der Waals surface area contributed by atoms with Crippen LogP contribution >= 0.6 is 0 Å². The van der Waals surface area contributed by atoms with E-state index >= 15 is 0 Å². The second kappa shape index (κ2) is 7.97. The van der Waals surface area contributed by atoms with Gasteiger partial charge >= 0.3 is 0 Å². The van der Waals surface area contributed by atoms with Gasteiger partial charge in [0.1, 0.15) is 5.75 Å². The number of ether oxygens (including phenoxy) is 1. The number of hydrogen-bond donors (Lipinski definition) is 2. The highest BCUT2D eigenvalue weighted by molar-refractivity contribution is 5.79. The first-order valence-corrected chi connectivity index (χ1v) is 7.92. The molecule has 6 nitrogen and oxygen atoms in total. The molecule has 2 unspecified atom stereocenters. The number of nitrogens with zero attached hydrogens (tertiary/aromatic N) is 1. The summed E-state index contributed by atoms with van der Waals surface area (Å²) < 4.78 is 5.15. The van der Waals surface area contributed by atoms with Crippen molar-refractivity contribution in [3.63, 3.8) is 0 Å². The van der Waals surface area contributed by atoms with Gasteiger partial charge in [-0.05, 0) is 24.6 Å². The maximum absolute atomic E-state index is 12.6. The van der Waals surface area contributed by atoms with Crippen LogP contribution in [0.1, 0.15) is 31.9 Å². The van der Waals surface area contributed by atoms with Gasteiger partial charge in [-0.3, -0.25) is 9.59 Å². The molecular weight excluding hydrogens is 294 g/mol. The average molecular weight is 319 g/mol. The summed E-state index contributed by atoms with van der Waals surface area (Å²) in [6.07, 6.45) is 0.263. The van der Waals surface area contributed by atoms with E-state index < -0.39 is 0 Å². The lowest BCUT2D eigenvalue weighted by atomic mass is 10.0. The lowest BCUT2D eigenvalue weighted by Gasteiger charge is -2.33. The molecule has 1 fully saturated rings.